The molecule has 1 aromatic carbocycles. The maximum Gasteiger partial charge on any atom is 0.101 e. The molecule has 17 heavy (non-hydrogen) atoms. The fraction of sp³-hybridized carbons (Fsp3) is 0.462. The van der Waals surface area contributed by atoms with Gasteiger partial charge in [-0.2, -0.15) is 5.26 Å². The van der Waals surface area contributed by atoms with E-state index in [2.05, 4.69) is 22.0 Å². The van der Waals surface area contributed by atoms with E-state index in [1.165, 1.54) is 0 Å². The summed E-state index contributed by atoms with van der Waals surface area (Å²) in [6.45, 7) is 6.77. The van der Waals surface area contributed by atoms with Crippen molar-refractivity contribution in [3.05, 3.63) is 28.2 Å². The molecular formula is C13H17BrN2O. The van der Waals surface area contributed by atoms with Gasteiger partial charge in [0.25, 0.3) is 0 Å². The van der Waals surface area contributed by atoms with Crippen molar-refractivity contribution in [2.75, 3.05) is 18.0 Å². The highest BCUT2D eigenvalue weighted by Gasteiger charge is 2.19. The normalized spacial score (nSPS) is 11.1. The van der Waals surface area contributed by atoms with Gasteiger partial charge in [-0.25, -0.2) is 0 Å². The van der Waals surface area contributed by atoms with Gasteiger partial charge in [0, 0.05) is 17.6 Å². The summed E-state index contributed by atoms with van der Waals surface area (Å²) in [6.07, 6.45) is 0. The van der Waals surface area contributed by atoms with Crippen LogP contribution in [0.25, 0.3) is 0 Å². The van der Waals surface area contributed by atoms with Crippen LogP contribution in [-0.2, 0) is 0 Å². The number of aliphatic hydroxyl groups is 1. The molecule has 4 heteroatoms. The summed E-state index contributed by atoms with van der Waals surface area (Å²) in [7, 11) is 0. The van der Waals surface area contributed by atoms with Crippen LogP contribution in [-0.4, -0.2) is 23.8 Å². The van der Waals surface area contributed by atoms with E-state index in [4.69, 9.17) is 5.26 Å². The second kappa shape index (κ2) is 5.52. The fourth-order valence-corrected chi connectivity index (χ4v) is 2.04. The standard InChI is InChI=1S/C13H17BrN2O/c1-4-16(9-13(2,3)17)12-7-11(14)6-5-10(12)8-15/h5-7,17H,4,9H2,1-3H3. The molecule has 0 fully saturated rings. The highest BCUT2D eigenvalue weighted by molar-refractivity contribution is 9.10. The third kappa shape index (κ3) is 4.03. The number of benzene rings is 1. The Morgan fingerprint density at radius 2 is 2.12 bits per heavy atom. The third-order valence-corrected chi connectivity index (χ3v) is 2.87. The molecule has 0 aromatic heterocycles. The van der Waals surface area contributed by atoms with E-state index in [-0.39, 0.29) is 0 Å². The van der Waals surface area contributed by atoms with Crippen LogP contribution in [0.1, 0.15) is 26.3 Å². The Balaban J connectivity index is 3.11. The Labute approximate surface area is 111 Å². The maximum absolute atomic E-state index is 9.88. The number of hydrogen-bond acceptors (Lipinski definition) is 3. The molecule has 0 amide bonds. The molecule has 1 rings (SSSR count). The number of nitrogens with zero attached hydrogens (tertiary/aromatic N) is 2. The molecule has 0 radical (unpaired) electrons. The highest BCUT2D eigenvalue weighted by atomic mass is 79.9. The second-order valence-electron chi connectivity index (χ2n) is 4.60. The highest BCUT2D eigenvalue weighted by Crippen LogP contribution is 2.25. The first-order valence-corrected chi connectivity index (χ1v) is 6.33. The molecule has 1 aromatic rings. The zero-order valence-electron chi connectivity index (χ0n) is 10.4. The van der Waals surface area contributed by atoms with Crippen LogP contribution in [0, 0.1) is 11.3 Å². The quantitative estimate of drug-likeness (QED) is 0.929. The first kappa shape index (κ1) is 14.0. The van der Waals surface area contributed by atoms with Crippen LogP contribution in [0.3, 0.4) is 0 Å². The van der Waals surface area contributed by atoms with E-state index in [9.17, 15) is 5.11 Å². The minimum absolute atomic E-state index is 0.495. The summed E-state index contributed by atoms with van der Waals surface area (Å²) in [4.78, 5) is 2.00. The van der Waals surface area contributed by atoms with Crippen molar-refractivity contribution in [2.45, 2.75) is 26.4 Å². The van der Waals surface area contributed by atoms with Crippen LogP contribution in [0.5, 0.6) is 0 Å². The van der Waals surface area contributed by atoms with Crippen molar-refractivity contribution in [3.63, 3.8) is 0 Å². The predicted molar refractivity (Wildman–Crippen MR) is 73.0 cm³/mol. The van der Waals surface area contributed by atoms with Crippen LogP contribution in [0.15, 0.2) is 22.7 Å². The first-order chi connectivity index (χ1) is 7.87. The summed E-state index contributed by atoms with van der Waals surface area (Å²) in [5, 5.41) is 19.0. The molecule has 0 atom stereocenters. The number of likely N-dealkylation sites (N-methyl/N-ethyl adjacent to an activating group) is 1. The summed E-state index contributed by atoms with van der Waals surface area (Å²) >= 11 is 3.40. The minimum Gasteiger partial charge on any atom is -0.389 e. The molecule has 0 aliphatic carbocycles. The van der Waals surface area contributed by atoms with Gasteiger partial charge in [-0.05, 0) is 39.0 Å². The minimum atomic E-state index is -0.787. The van der Waals surface area contributed by atoms with Crippen molar-refractivity contribution < 1.29 is 5.11 Å². The summed E-state index contributed by atoms with van der Waals surface area (Å²) < 4.78 is 0.931. The number of hydrogen-bond donors (Lipinski definition) is 1. The van der Waals surface area contributed by atoms with Crippen LogP contribution in [0.2, 0.25) is 0 Å². The van der Waals surface area contributed by atoms with Gasteiger partial charge in [0.1, 0.15) is 6.07 Å². The number of anilines is 1. The summed E-state index contributed by atoms with van der Waals surface area (Å²) in [5.41, 5.74) is 0.691. The number of nitriles is 1. The van der Waals surface area contributed by atoms with Gasteiger partial charge in [-0.1, -0.05) is 15.9 Å². The van der Waals surface area contributed by atoms with Crippen molar-refractivity contribution in [1.29, 1.82) is 5.26 Å². The SMILES string of the molecule is CCN(CC(C)(C)O)c1cc(Br)ccc1C#N. The average molecular weight is 297 g/mol. The third-order valence-electron chi connectivity index (χ3n) is 2.38. The zero-order chi connectivity index (χ0) is 13.1. The van der Waals surface area contributed by atoms with E-state index in [0.29, 0.717) is 12.1 Å². The van der Waals surface area contributed by atoms with Crippen LogP contribution >= 0.6 is 15.9 Å². The molecule has 0 saturated carbocycles. The van der Waals surface area contributed by atoms with Crippen molar-refractivity contribution in [1.82, 2.24) is 0 Å². The van der Waals surface area contributed by atoms with Crippen LogP contribution < -0.4 is 4.90 Å². The lowest BCUT2D eigenvalue weighted by molar-refractivity contribution is 0.0876. The van der Waals surface area contributed by atoms with Gasteiger partial charge >= 0.3 is 0 Å². The molecule has 0 aliphatic rings. The van der Waals surface area contributed by atoms with E-state index in [1.54, 1.807) is 19.9 Å². The van der Waals surface area contributed by atoms with Gasteiger partial charge in [-0.3, -0.25) is 0 Å². The van der Waals surface area contributed by atoms with E-state index in [0.717, 1.165) is 16.7 Å². The molecule has 0 unspecified atom stereocenters. The molecule has 0 aliphatic heterocycles. The van der Waals surface area contributed by atoms with Crippen molar-refractivity contribution >= 4 is 21.6 Å². The van der Waals surface area contributed by atoms with Crippen LogP contribution in [0.4, 0.5) is 5.69 Å². The summed E-state index contributed by atoms with van der Waals surface area (Å²) in [5.74, 6) is 0. The Bertz CT molecular complexity index is 432. The predicted octanol–water partition coefficient (Wildman–Crippen LogP) is 2.92. The fourth-order valence-electron chi connectivity index (χ4n) is 1.70. The Morgan fingerprint density at radius 1 is 1.47 bits per heavy atom. The molecular weight excluding hydrogens is 280 g/mol. The number of rotatable bonds is 4. The van der Waals surface area contributed by atoms with Gasteiger partial charge in [0.05, 0.1) is 16.9 Å². The van der Waals surface area contributed by atoms with Gasteiger partial charge in [0.15, 0.2) is 0 Å². The number of halogens is 1. The van der Waals surface area contributed by atoms with Gasteiger partial charge in [-0.15, -0.1) is 0 Å². The van der Waals surface area contributed by atoms with E-state index < -0.39 is 5.60 Å². The topological polar surface area (TPSA) is 47.3 Å². The Morgan fingerprint density at radius 3 is 2.59 bits per heavy atom. The zero-order valence-corrected chi connectivity index (χ0v) is 12.0. The first-order valence-electron chi connectivity index (χ1n) is 5.54. The van der Waals surface area contributed by atoms with Crippen molar-refractivity contribution in [2.24, 2.45) is 0 Å². The largest absolute Gasteiger partial charge is 0.389 e. The second-order valence-corrected chi connectivity index (χ2v) is 5.52. The molecule has 0 spiro atoms. The lowest BCUT2D eigenvalue weighted by Crippen LogP contribution is -2.39. The lowest BCUT2D eigenvalue weighted by Gasteiger charge is -2.30. The smallest absolute Gasteiger partial charge is 0.101 e. The Hall–Kier alpha value is -1.05. The van der Waals surface area contributed by atoms with Gasteiger partial charge in [0.2, 0.25) is 0 Å². The summed E-state index contributed by atoms with van der Waals surface area (Å²) in [6, 6.07) is 7.72. The van der Waals surface area contributed by atoms with Gasteiger partial charge < -0.3 is 10.0 Å². The molecule has 0 heterocycles. The molecule has 0 bridgehead atoms. The monoisotopic (exact) mass is 296 g/mol. The Kier molecular flexibility index (Phi) is 4.55. The lowest BCUT2D eigenvalue weighted by atomic mass is 10.1. The van der Waals surface area contributed by atoms with E-state index >= 15 is 0 Å². The molecule has 0 saturated heterocycles. The molecule has 92 valence electrons. The molecule has 1 N–H and O–H groups in total. The average Bonchev–Trinajstić information content (AvgIpc) is 2.24. The van der Waals surface area contributed by atoms with E-state index in [1.807, 2.05) is 24.0 Å². The van der Waals surface area contributed by atoms with Crippen molar-refractivity contribution in [3.8, 4) is 6.07 Å². The maximum atomic E-state index is 9.88. The molecule has 3 nitrogen and oxygen atoms in total.